The van der Waals surface area contributed by atoms with E-state index in [1.54, 1.807) is 18.0 Å². The summed E-state index contributed by atoms with van der Waals surface area (Å²) in [6, 6.07) is 9.89. The van der Waals surface area contributed by atoms with Gasteiger partial charge in [-0.25, -0.2) is 0 Å². The molecule has 1 heterocycles. The third-order valence-electron chi connectivity index (χ3n) is 2.75. The van der Waals surface area contributed by atoms with Crippen LogP contribution in [0.3, 0.4) is 0 Å². The normalized spacial score (nSPS) is 12.8. The van der Waals surface area contributed by atoms with Crippen LogP contribution in [0, 0.1) is 0 Å². The van der Waals surface area contributed by atoms with Gasteiger partial charge in [-0.1, -0.05) is 18.2 Å². The van der Waals surface area contributed by atoms with Crippen LogP contribution in [0.15, 0.2) is 41.5 Å². The molecule has 2 aromatic rings. The summed E-state index contributed by atoms with van der Waals surface area (Å²) in [7, 11) is 3.56. The van der Waals surface area contributed by atoms with Crippen LogP contribution in [-0.2, 0) is 7.05 Å². The molecule has 0 amide bonds. The Balaban J connectivity index is 2.16. The molecule has 0 fully saturated rings. The van der Waals surface area contributed by atoms with Crippen LogP contribution in [0.4, 0.5) is 0 Å². The van der Waals surface area contributed by atoms with Crippen LogP contribution in [0.25, 0.3) is 0 Å². The Morgan fingerprint density at radius 2 is 2.11 bits per heavy atom. The summed E-state index contributed by atoms with van der Waals surface area (Å²) < 4.78 is 7.09. The Bertz CT molecular complexity index is 545. The Morgan fingerprint density at radius 3 is 2.78 bits per heavy atom. The average molecular weight is 243 g/mol. The van der Waals surface area contributed by atoms with Gasteiger partial charge < -0.3 is 4.74 Å². The van der Waals surface area contributed by atoms with Crippen LogP contribution in [0.1, 0.15) is 24.2 Å². The molecule has 1 atom stereocenters. The lowest BCUT2D eigenvalue weighted by Crippen LogP contribution is -1.96. The molecule has 94 valence electrons. The third-order valence-corrected chi connectivity index (χ3v) is 2.75. The maximum atomic E-state index is 5.33. The third kappa shape index (κ3) is 2.77. The molecule has 18 heavy (non-hydrogen) atoms. The zero-order valence-corrected chi connectivity index (χ0v) is 10.9. The van der Waals surface area contributed by atoms with Gasteiger partial charge in [0.2, 0.25) is 0 Å². The average Bonchev–Trinajstić information content (AvgIpc) is 2.81. The van der Waals surface area contributed by atoms with Crippen molar-refractivity contribution >= 4 is 6.21 Å². The first kappa shape index (κ1) is 12.4. The molecule has 0 bridgehead atoms. The lowest BCUT2D eigenvalue weighted by atomic mass is 10.1. The molecule has 1 aromatic heterocycles. The second-order valence-corrected chi connectivity index (χ2v) is 4.11. The van der Waals surface area contributed by atoms with Gasteiger partial charge in [-0.15, -0.1) is 0 Å². The number of methoxy groups -OCH3 is 1. The number of benzene rings is 1. The molecule has 0 aliphatic carbocycles. The van der Waals surface area contributed by atoms with Gasteiger partial charge in [-0.05, 0) is 19.1 Å². The van der Waals surface area contributed by atoms with Gasteiger partial charge in [-0.2, -0.15) is 5.10 Å². The van der Waals surface area contributed by atoms with E-state index in [0.29, 0.717) is 0 Å². The molecule has 4 heteroatoms. The number of ether oxygens (including phenoxy) is 1. The molecule has 1 unspecified atom stereocenters. The largest absolute Gasteiger partial charge is 0.496 e. The van der Waals surface area contributed by atoms with Gasteiger partial charge in [0, 0.05) is 25.0 Å². The molecule has 0 aliphatic rings. The SMILES string of the molecule is COc1ccccc1C(C)N=Cc1ccn(C)n1. The Hall–Kier alpha value is -2.10. The van der Waals surface area contributed by atoms with Crippen molar-refractivity contribution in [1.82, 2.24) is 9.78 Å². The van der Waals surface area contributed by atoms with Crippen molar-refractivity contribution in [2.24, 2.45) is 12.0 Å². The van der Waals surface area contributed by atoms with Crippen molar-refractivity contribution in [1.29, 1.82) is 0 Å². The van der Waals surface area contributed by atoms with Gasteiger partial charge in [0.1, 0.15) is 11.4 Å². The second-order valence-electron chi connectivity index (χ2n) is 4.11. The van der Waals surface area contributed by atoms with Crippen molar-refractivity contribution < 1.29 is 4.74 Å². The number of hydrogen-bond donors (Lipinski definition) is 0. The van der Waals surface area contributed by atoms with Gasteiger partial charge in [0.05, 0.1) is 13.2 Å². The lowest BCUT2D eigenvalue weighted by molar-refractivity contribution is 0.407. The highest BCUT2D eigenvalue weighted by Crippen LogP contribution is 2.26. The maximum absolute atomic E-state index is 5.33. The van der Waals surface area contributed by atoms with Crippen LogP contribution in [0.2, 0.25) is 0 Å². The predicted octanol–water partition coefficient (Wildman–Crippen LogP) is 2.61. The minimum Gasteiger partial charge on any atom is -0.496 e. The highest BCUT2D eigenvalue weighted by Gasteiger charge is 2.08. The molecule has 0 saturated heterocycles. The summed E-state index contributed by atoms with van der Waals surface area (Å²) in [6.07, 6.45) is 3.69. The van der Waals surface area contributed by atoms with E-state index in [4.69, 9.17) is 4.74 Å². The van der Waals surface area contributed by atoms with Crippen molar-refractivity contribution in [3.05, 3.63) is 47.8 Å². The molecule has 0 saturated carbocycles. The Morgan fingerprint density at radius 1 is 1.33 bits per heavy atom. The minimum atomic E-state index is 0.0446. The van der Waals surface area contributed by atoms with Crippen molar-refractivity contribution in [2.75, 3.05) is 7.11 Å². The zero-order valence-electron chi connectivity index (χ0n) is 10.9. The molecule has 0 spiro atoms. The summed E-state index contributed by atoms with van der Waals surface area (Å²) in [4.78, 5) is 4.51. The Labute approximate surface area is 107 Å². The second kappa shape index (κ2) is 5.49. The monoisotopic (exact) mass is 243 g/mol. The van der Waals surface area contributed by atoms with E-state index < -0.39 is 0 Å². The minimum absolute atomic E-state index is 0.0446. The smallest absolute Gasteiger partial charge is 0.124 e. The predicted molar refractivity (Wildman–Crippen MR) is 72.2 cm³/mol. The Kier molecular flexibility index (Phi) is 3.77. The summed E-state index contributed by atoms with van der Waals surface area (Å²) in [5, 5.41) is 4.26. The lowest BCUT2D eigenvalue weighted by Gasteiger charge is -2.11. The maximum Gasteiger partial charge on any atom is 0.124 e. The first-order valence-corrected chi connectivity index (χ1v) is 5.86. The fourth-order valence-corrected chi connectivity index (χ4v) is 1.78. The van der Waals surface area contributed by atoms with Crippen LogP contribution in [-0.4, -0.2) is 23.1 Å². The number of aryl methyl sites for hydroxylation is 1. The number of hydrogen-bond acceptors (Lipinski definition) is 3. The summed E-state index contributed by atoms with van der Waals surface area (Å²) in [5.41, 5.74) is 1.94. The van der Waals surface area contributed by atoms with Gasteiger partial charge in [0.25, 0.3) is 0 Å². The first-order valence-electron chi connectivity index (χ1n) is 5.86. The summed E-state index contributed by atoms with van der Waals surface area (Å²) in [5.74, 6) is 0.864. The molecule has 0 radical (unpaired) electrons. The van der Waals surface area contributed by atoms with E-state index in [0.717, 1.165) is 17.0 Å². The fourth-order valence-electron chi connectivity index (χ4n) is 1.78. The van der Waals surface area contributed by atoms with Crippen molar-refractivity contribution in [3.63, 3.8) is 0 Å². The quantitative estimate of drug-likeness (QED) is 0.774. The van der Waals surface area contributed by atoms with E-state index in [1.807, 2.05) is 50.5 Å². The van der Waals surface area contributed by atoms with Crippen LogP contribution in [0.5, 0.6) is 5.75 Å². The van der Waals surface area contributed by atoms with Gasteiger partial charge >= 0.3 is 0 Å². The number of nitrogens with zero attached hydrogens (tertiary/aromatic N) is 3. The number of aliphatic imine (C=N–C) groups is 1. The molecule has 1 aromatic carbocycles. The molecular formula is C14H17N3O. The van der Waals surface area contributed by atoms with Crippen molar-refractivity contribution in [3.8, 4) is 5.75 Å². The summed E-state index contributed by atoms with van der Waals surface area (Å²) in [6.45, 7) is 2.04. The fraction of sp³-hybridized carbons (Fsp3) is 0.286. The highest BCUT2D eigenvalue weighted by molar-refractivity contribution is 5.76. The van der Waals surface area contributed by atoms with Gasteiger partial charge in [-0.3, -0.25) is 9.67 Å². The van der Waals surface area contributed by atoms with E-state index in [9.17, 15) is 0 Å². The molecule has 4 nitrogen and oxygen atoms in total. The zero-order chi connectivity index (χ0) is 13.0. The molecule has 2 rings (SSSR count). The van der Waals surface area contributed by atoms with E-state index in [2.05, 4.69) is 10.1 Å². The molecule has 0 aliphatic heterocycles. The molecule has 0 N–H and O–H groups in total. The highest BCUT2D eigenvalue weighted by atomic mass is 16.5. The first-order chi connectivity index (χ1) is 8.70. The van der Waals surface area contributed by atoms with E-state index in [-0.39, 0.29) is 6.04 Å². The van der Waals surface area contributed by atoms with Gasteiger partial charge in [0.15, 0.2) is 0 Å². The number of rotatable bonds is 4. The summed E-state index contributed by atoms with van der Waals surface area (Å²) >= 11 is 0. The molecular weight excluding hydrogens is 226 g/mol. The standard InChI is InChI=1S/C14H17N3O/c1-11(13-6-4-5-7-14(13)18-3)15-10-12-8-9-17(2)16-12/h4-11H,1-3H3. The number of aromatic nitrogens is 2. The van der Waals surface area contributed by atoms with E-state index >= 15 is 0 Å². The van der Waals surface area contributed by atoms with E-state index in [1.165, 1.54) is 0 Å². The van der Waals surface area contributed by atoms with Crippen molar-refractivity contribution in [2.45, 2.75) is 13.0 Å². The van der Waals surface area contributed by atoms with Crippen LogP contribution >= 0.6 is 0 Å². The number of para-hydroxylation sites is 1. The topological polar surface area (TPSA) is 39.4 Å². The van der Waals surface area contributed by atoms with Crippen LogP contribution < -0.4 is 4.74 Å².